The predicted molar refractivity (Wildman–Crippen MR) is 63.2 cm³/mol. The summed E-state index contributed by atoms with van der Waals surface area (Å²) in [5.74, 6) is 0.189. The first-order valence-corrected chi connectivity index (χ1v) is 5.57. The van der Waals surface area contributed by atoms with Gasteiger partial charge in [0.1, 0.15) is 5.75 Å². The third kappa shape index (κ3) is 1.81. The van der Waals surface area contributed by atoms with Crippen molar-refractivity contribution < 1.29 is 9.84 Å². The monoisotopic (exact) mass is 217 g/mol. The van der Waals surface area contributed by atoms with Gasteiger partial charge in [0, 0.05) is 18.6 Å². The van der Waals surface area contributed by atoms with Crippen LogP contribution < -0.4 is 4.73 Å². The Morgan fingerprint density at radius 1 is 1.31 bits per heavy atom. The van der Waals surface area contributed by atoms with Crippen LogP contribution in [-0.4, -0.2) is 5.11 Å². The average Bonchev–Trinajstić information content (AvgIpc) is 2.32. The molecule has 0 aliphatic rings. The molecule has 0 aliphatic carbocycles. The van der Waals surface area contributed by atoms with Crippen molar-refractivity contribution in [1.82, 2.24) is 0 Å². The van der Waals surface area contributed by atoms with Gasteiger partial charge in [0.2, 0.25) is 5.52 Å². The lowest BCUT2D eigenvalue weighted by atomic mass is 10.1. The normalized spacial score (nSPS) is 10.8. The molecule has 0 saturated carbocycles. The summed E-state index contributed by atoms with van der Waals surface area (Å²) in [5.41, 5.74) is 1.17. The number of pyridine rings is 1. The zero-order valence-electron chi connectivity index (χ0n) is 9.31. The molecule has 84 valence electrons. The number of benzene rings is 1. The van der Waals surface area contributed by atoms with E-state index in [0.29, 0.717) is 23.0 Å². The number of fused-ring (bicyclic) bond motifs is 1. The van der Waals surface area contributed by atoms with Gasteiger partial charge in [-0.2, -0.15) is 4.73 Å². The molecule has 2 rings (SSSR count). The molecule has 0 atom stereocenters. The Hall–Kier alpha value is -1.77. The fraction of sp³-hybridized carbons (Fsp3) is 0.308. The standard InChI is InChI=1S/C13H15NO2/c1-2-3-6-10-9-13(15)11-7-4-5-8-12(11)14(10)16/h4-5,7-9,15H,2-3,6H2,1H3. The molecule has 0 unspecified atom stereocenters. The number of hydrogen-bond donors (Lipinski definition) is 1. The van der Waals surface area contributed by atoms with Crippen LogP contribution in [0.1, 0.15) is 25.5 Å². The van der Waals surface area contributed by atoms with Gasteiger partial charge in [0.15, 0.2) is 5.69 Å². The predicted octanol–water partition coefficient (Wildman–Crippen LogP) is 2.52. The van der Waals surface area contributed by atoms with E-state index in [4.69, 9.17) is 0 Å². The maximum Gasteiger partial charge on any atom is 0.227 e. The highest BCUT2D eigenvalue weighted by atomic mass is 16.5. The lowest BCUT2D eigenvalue weighted by molar-refractivity contribution is -0.586. The van der Waals surface area contributed by atoms with Crippen LogP contribution in [0, 0.1) is 5.21 Å². The second-order valence-corrected chi connectivity index (χ2v) is 3.94. The maximum absolute atomic E-state index is 12.0. The van der Waals surface area contributed by atoms with Crippen molar-refractivity contribution in [2.24, 2.45) is 0 Å². The summed E-state index contributed by atoms with van der Waals surface area (Å²) in [6.07, 6.45) is 2.70. The van der Waals surface area contributed by atoms with Gasteiger partial charge in [-0.25, -0.2) is 0 Å². The van der Waals surface area contributed by atoms with E-state index in [0.717, 1.165) is 17.6 Å². The third-order valence-corrected chi connectivity index (χ3v) is 2.75. The van der Waals surface area contributed by atoms with E-state index in [1.165, 1.54) is 0 Å². The second-order valence-electron chi connectivity index (χ2n) is 3.94. The number of para-hydroxylation sites is 1. The van der Waals surface area contributed by atoms with Gasteiger partial charge >= 0.3 is 0 Å². The van der Waals surface area contributed by atoms with Crippen molar-refractivity contribution in [3.63, 3.8) is 0 Å². The molecular weight excluding hydrogens is 202 g/mol. The molecule has 1 N–H and O–H groups in total. The Labute approximate surface area is 94.5 Å². The molecule has 0 spiro atoms. The minimum atomic E-state index is 0.189. The summed E-state index contributed by atoms with van der Waals surface area (Å²) < 4.78 is 0.921. The van der Waals surface area contributed by atoms with Crippen LogP contribution >= 0.6 is 0 Å². The number of rotatable bonds is 3. The van der Waals surface area contributed by atoms with Gasteiger partial charge < -0.3 is 10.3 Å². The lowest BCUT2D eigenvalue weighted by Crippen LogP contribution is -2.32. The minimum absolute atomic E-state index is 0.189. The molecule has 0 bridgehead atoms. The number of aromatic nitrogens is 1. The largest absolute Gasteiger partial charge is 0.618 e. The van der Waals surface area contributed by atoms with Crippen molar-refractivity contribution in [3.8, 4) is 5.75 Å². The Morgan fingerprint density at radius 3 is 2.81 bits per heavy atom. The van der Waals surface area contributed by atoms with Gasteiger partial charge in [-0.15, -0.1) is 0 Å². The fourth-order valence-corrected chi connectivity index (χ4v) is 1.85. The molecule has 0 saturated heterocycles. The first kappa shape index (κ1) is 10.7. The first-order chi connectivity index (χ1) is 7.74. The van der Waals surface area contributed by atoms with Crippen LogP contribution in [-0.2, 0) is 6.42 Å². The van der Waals surface area contributed by atoms with E-state index < -0.39 is 0 Å². The molecule has 0 amide bonds. The van der Waals surface area contributed by atoms with Gasteiger partial charge in [0.25, 0.3) is 0 Å². The summed E-state index contributed by atoms with van der Waals surface area (Å²) in [4.78, 5) is 0. The zero-order valence-corrected chi connectivity index (χ0v) is 9.31. The van der Waals surface area contributed by atoms with Crippen molar-refractivity contribution in [1.29, 1.82) is 0 Å². The third-order valence-electron chi connectivity index (χ3n) is 2.75. The smallest absolute Gasteiger partial charge is 0.227 e. The SMILES string of the molecule is CCCCc1cc(O)c2ccccc2[n+]1[O-]. The van der Waals surface area contributed by atoms with Crippen LogP contribution in [0.4, 0.5) is 0 Å². The Morgan fingerprint density at radius 2 is 2.06 bits per heavy atom. The van der Waals surface area contributed by atoms with E-state index in [2.05, 4.69) is 6.92 Å². The number of unbranched alkanes of at least 4 members (excludes halogenated alkanes) is 1. The van der Waals surface area contributed by atoms with Crippen LogP contribution in [0.2, 0.25) is 0 Å². The Kier molecular flexibility index (Phi) is 2.95. The van der Waals surface area contributed by atoms with Gasteiger partial charge in [0.05, 0.1) is 5.39 Å². The second kappa shape index (κ2) is 4.39. The molecule has 1 aromatic carbocycles. The minimum Gasteiger partial charge on any atom is -0.618 e. The highest BCUT2D eigenvalue weighted by molar-refractivity contribution is 5.82. The summed E-state index contributed by atoms with van der Waals surface area (Å²) in [6, 6.07) is 8.68. The molecule has 2 aromatic rings. The Balaban J connectivity index is 2.56. The average molecular weight is 217 g/mol. The summed E-state index contributed by atoms with van der Waals surface area (Å²) in [6.45, 7) is 2.08. The van der Waals surface area contributed by atoms with E-state index in [1.807, 2.05) is 6.07 Å². The van der Waals surface area contributed by atoms with Crippen molar-refractivity contribution in [3.05, 3.63) is 41.2 Å². The van der Waals surface area contributed by atoms with E-state index in [9.17, 15) is 10.3 Å². The highest BCUT2D eigenvalue weighted by Crippen LogP contribution is 2.23. The fourth-order valence-electron chi connectivity index (χ4n) is 1.85. The molecule has 0 radical (unpaired) electrons. The molecule has 3 heteroatoms. The topological polar surface area (TPSA) is 47.2 Å². The number of aryl methyl sites for hydroxylation is 1. The van der Waals surface area contributed by atoms with Gasteiger partial charge in [-0.05, 0) is 12.5 Å². The van der Waals surface area contributed by atoms with E-state index in [1.54, 1.807) is 24.3 Å². The summed E-state index contributed by atoms with van der Waals surface area (Å²) in [7, 11) is 0. The summed E-state index contributed by atoms with van der Waals surface area (Å²) in [5, 5.41) is 22.4. The molecular formula is C13H15NO2. The van der Waals surface area contributed by atoms with Crippen LogP contribution in [0.15, 0.2) is 30.3 Å². The van der Waals surface area contributed by atoms with Crippen molar-refractivity contribution in [2.75, 3.05) is 0 Å². The molecule has 1 aromatic heterocycles. The van der Waals surface area contributed by atoms with Crippen molar-refractivity contribution in [2.45, 2.75) is 26.2 Å². The molecule has 16 heavy (non-hydrogen) atoms. The lowest BCUT2D eigenvalue weighted by Gasteiger charge is -2.08. The van der Waals surface area contributed by atoms with Crippen LogP contribution in [0.25, 0.3) is 10.9 Å². The van der Waals surface area contributed by atoms with Crippen molar-refractivity contribution >= 4 is 10.9 Å². The molecule has 0 aliphatic heterocycles. The molecule has 3 nitrogen and oxygen atoms in total. The number of hydrogen-bond acceptors (Lipinski definition) is 2. The molecule has 1 heterocycles. The zero-order chi connectivity index (χ0) is 11.5. The maximum atomic E-state index is 12.0. The Bertz CT molecular complexity index is 509. The quantitative estimate of drug-likeness (QED) is 0.634. The van der Waals surface area contributed by atoms with Gasteiger partial charge in [-0.1, -0.05) is 25.5 Å². The molecule has 0 fully saturated rings. The van der Waals surface area contributed by atoms with E-state index >= 15 is 0 Å². The summed E-state index contributed by atoms with van der Waals surface area (Å²) >= 11 is 0. The van der Waals surface area contributed by atoms with E-state index in [-0.39, 0.29) is 5.75 Å². The number of aromatic hydroxyl groups is 1. The number of nitrogens with zero attached hydrogens (tertiary/aromatic N) is 1. The van der Waals surface area contributed by atoms with Crippen LogP contribution in [0.3, 0.4) is 0 Å². The highest BCUT2D eigenvalue weighted by Gasteiger charge is 2.13. The van der Waals surface area contributed by atoms with Gasteiger partial charge in [-0.3, -0.25) is 0 Å². The first-order valence-electron chi connectivity index (χ1n) is 5.57. The van der Waals surface area contributed by atoms with Crippen LogP contribution in [0.5, 0.6) is 5.75 Å².